The Bertz CT molecular complexity index is 343. The summed E-state index contributed by atoms with van der Waals surface area (Å²) in [6, 6.07) is 8.72. The van der Waals surface area contributed by atoms with E-state index in [4.69, 9.17) is 17.0 Å². The molecule has 0 bridgehead atoms. The van der Waals surface area contributed by atoms with Crippen LogP contribution in [0.5, 0.6) is 0 Å². The van der Waals surface area contributed by atoms with Gasteiger partial charge in [-0.1, -0.05) is 23.7 Å². The summed E-state index contributed by atoms with van der Waals surface area (Å²) in [5, 5.41) is 10.2. The van der Waals surface area contributed by atoms with Crippen molar-refractivity contribution >= 4 is 17.8 Å². The highest BCUT2D eigenvalue weighted by Crippen LogP contribution is 2.10. The van der Waals surface area contributed by atoms with Crippen molar-refractivity contribution in [1.82, 2.24) is 10.2 Å². The van der Waals surface area contributed by atoms with Gasteiger partial charge in [0.2, 0.25) is 0 Å². The standard InChI is InChI=1S/C9H12ClN.C5H11N.C2H5N/c1-11(2)7-8-3-5-9(10)6-4-8;1-5-3-2-4-6-5;1-2-3/h3-6H,7H2,1-2H3;5-6H,2-4H2,1H3;2-3H,1H3. The fraction of sp³-hybridized carbons (Fsp3) is 0.562. The first-order valence-corrected chi connectivity index (χ1v) is 7.45. The van der Waals surface area contributed by atoms with Gasteiger partial charge in [0.1, 0.15) is 0 Å². The van der Waals surface area contributed by atoms with E-state index < -0.39 is 0 Å². The third-order valence-electron chi connectivity index (χ3n) is 2.72. The monoisotopic (exact) mass is 297 g/mol. The third-order valence-corrected chi connectivity index (χ3v) is 2.97. The second kappa shape index (κ2) is 11.9. The molecule has 0 aliphatic carbocycles. The lowest BCUT2D eigenvalue weighted by Crippen LogP contribution is -2.16. The average Bonchev–Trinajstić information content (AvgIpc) is 2.85. The van der Waals surface area contributed by atoms with Gasteiger partial charge < -0.3 is 15.6 Å². The van der Waals surface area contributed by atoms with Crippen molar-refractivity contribution in [3.8, 4) is 0 Å². The van der Waals surface area contributed by atoms with Crippen LogP contribution in [0.3, 0.4) is 0 Å². The molecule has 0 radical (unpaired) electrons. The number of hydrogen-bond acceptors (Lipinski definition) is 3. The Morgan fingerprint density at radius 1 is 1.35 bits per heavy atom. The molecule has 3 nitrogen and oxygen atoms in total. The van der Waals surface area contributed by atoms with Crippen LogP contribution in [-0.2, 0) is 6.54 Å². The number of nitrogens with one attached hydrogen (secondary N) is 2. The molecular formula is C16H28ClN3. The minimum absolute atomic E-state index is 0.796. The van der Waals surface area contributed by atoms with E-state index >= 15 is 0 Å². The maximum Gasteiger partial charge on any atom is 0.0406 e. The van der Waals surface area contributed by atoms with Crippen molar-refractivity contribution in [2.75, 3.05) is 20.6 Å². The van der Waals surface area contributed by atoms with Crippen LogP contribution in [0.2, 0.25) is 5.02 Å². The molecule has 1 heterocycles. The lowest BCUT2D eigenvalue weighted by molar-refractivity contribution is 0.402. The Labute approximate surface area is 128 Å². The first-order chi connectivity index (χ1) is 9.49. The molecule has 2 rings (SSSR count). The summed E-state index contributed by atoms with van der Waals surface area (Å²) in [7, 11) is 4.10. The first-order valence-electron chi connectivity index (χ1n) is 7.07. The van der Waals surface area contributed by atoms with Crippen LogP contribution >= 0.6 is 11.6 Å². The van der Waals surface area contributed by atoms with Crippen LogP contribution in [0.4, 0.5) is 0 Å². The fourth-order valence-corrected chi connectivity index (χ4v) is 1.94. The van der Waals surface area contributed by atoms with Crippen LogP contribution in [0.15, 0.2) is 24.3 Å². The van der Waals surface area contributed by atoms with Crippen molar-refractivity contribution in [2.24, 2.45) is 0 Å². The smallest absolute Gasteiger partial charge is 0.0406 e. The molecule has 1 saturated heterocycles. The minimum atomic E-state index is 0.796. The van der Waals surface area contributed by atoms with Gasteiger partial charge in [-0.3, -0.25) is 0 Å². The Balaban J connectivity index is 0.000000336. The Morgan fingerprint density at radius 2 is 1.90 bits per heavy atom. The number of rotatable bonds is 2. The second-order valence-corrected chi connectivity index (χ2v) is 5.59. The Hall–Kier alpha value is -0.900. The van der Waals surface area contributed by atoms with Crippen molar-refractivity contribution in [1.29, 1.82) is 5.41 Å². The van der Waals surface area contributed by atoms with Gasteiger partial charge in [0.25, 0.3) is 0 Å². The topological polar surface area (TPSA) is 39.1 Å². The SMILES string of the molecule is CC1CCCN1.CC=N.CN(C)Cc1ccc(Cl)cc1. The van der Waals surface area contributed by atoms with Gasteiger partial charge in [-0.2, -0.15) is 0 Å². The number of benzene rings is 1. The summed E-state index contributed by atoms with van der Waals surface area (Å²) in [4.78, 5) is 2.13. The predicted molar refractivity (Wildman–Crippen MR) is 90.0 cm³/mol. The van der Waals surface area contributed by atoms with Crippen molar-refractivity contribution < 1.29 is 0 Å². The van der Waals surface area contributed by atoms with Crippen LogP contribution in [0, 0.1) is 5.41 Å². The number of nitrogens with zero attached hydrogens (tertiary/aromatic N) is 1. The molecule has 0 aromatic heterocycles. The van der Waals surface area contributed by atoms with Crippen LogP contribution in [-0.4, -0.2) is 37.8 Å². The van der Waals surface area contributed by atoms with Gasteiger partial charge in [0.05, 0.1) is 0 Å². The molecule has 1 fully saturated rings. The van der Waals surface area contributed by atoms with Crippen LogP contribution in [0.25, 0.3) is 0 Å². The van der Waals surface area contributed by atoms with Crippen LogP contribution < -0.4 is 5.32 Å². The highest BCUT2D eigenvalue weighted by molar-refractivity contribution is 6.30. The largest absolute Gasteiger partial charge is 0.314 e. The summed E-state index contributed by atoms with van der Waals surface area (Å²) in [6.07, 6.45) is 4.00. The van der Waals surface area contributed by atoms with E-state index in [1.807, 2.05) is 24.3 Å². The summed E-state index contributed by atoms with van der Waals surface area (Å²) < 4.78 is 0. The Kier molecular flexibility index (Phi) is 11.4. The molecule has 1 aliphatic heterocycles. The zero-order chi connectivity index (χ0) is 15.4. The van der Waals surface area contributed by atoms with Gasteiger partial charge in [-0.05, 0) is 71.2 Å². The van der Waals surface area contributed by atoms with Gasteiger partial charge in [-0.15, -0.1) is 0 Å². The second-order valence-electron chi connectivity index (χ2n) is 5.15. The minimum Gasteiger partial charge on any atom is -0.314 e. The summed E-state index contributed by atoms with van der Waals surface area (Å²) in [5.74, 6) is 0. The molecule has 4 heteroatoms. The first kappa shape index (κ1) is 19.1. The molecule has 1 atom stereocenters. The van der Waals surface area contributed by atoms with E-state index in [9.17, 15) is 0 Å². The molecule has 20 heavy (non-hydrogen) atoms. The van der Waals surface area contributed by atoms with E-state index in [2.05, 4.69) is 31.2 Å². The quantitative estimate of drug-likeness (QED) is 0.815. The zero-order valence-corrected chi connectivity index (χ0v) is 13.9. The summed E-state index contributed by atoms with van der Waals surface area (Å²) in [5.41, 5.74) is 1.29. The Morgan fingerprint density at radius 3 is 2.20 bits per heavy atom. The molecule has 1 unspecified atom stereocenters. The number of halogens is 1. The highest BCUT2D eigenvalue weighted by atomic mass is 35.5. The molecule has 2 N–H and O–H groups in total. The number of hydrogen-bond donors (Lipinski definition) is 2. The van der Waals surface area contributed by atoms with Crippen molar-refractivity contribution in [3.05, 3.63) is 34.9 Å². The van der Waals surface area contributed by atoms with Crippen LogP contribution in [0.1, 0.15) is 32.3 Å². The van der Waals surface area contributed by atoms with E-state index in [-0.39, 0.29) is 0 Å². The zero-order valence-electron chi connectivity index (χ0n) is 13.1. The molecule has 0 amide bonds. The maximum atomic E-state index is 6.08. The molecular weight excluding hydrogens is 270 g/mol. The highest BCUT2D eigenvalue weighted by Gasteiger charge is 2.05. The lowest BCUT2D eigenvalue weighted by Gasteiger charge is -2.08. The lowest BCUT2D eigenvalue weighted by atomic mass is 10.2. The molecule has 1 aromatic carbocycles. The molecule has 0 spiro atoms. The van der Waals surface area contributed by atoms with E-state index in [1.165, 1.54) is 31.2 Å². The maximum absolute atomic E-state index is 6.08. The third kappa shape index (κ3) is 11.0. The van der Waals surface area contributed by atoms with Crippen molar-refractivity contribution in [2.45, 2.75) is 39.3 Å². The van der Waals surface area contributed by atoms with Gasteiger partial charge in [-0.25, -0.2) is 0 Å². The van der Waals surface area contributed by atoms with E-state index in [0.29, 0.717) is 0 Å². The van der Waals surface area contributed by atoms with Gasteiger partial charge >= 0.3 is 0 Å². The van der Waals surface area contributed by atoms with Gasteiger partial charge in [0.15, 0.2) is 0 Å². The average molecular weight is 298 g/mol. The molecule has 114 valence electrons. The molecule has 1 aliphatic rings. The normalized spacial score (nSPS) is 16.8. The summed E-state index contributed by atoms with van der Waals surface area (Å²) in [6.45, 7) is 6.10. The molecule has 0 saturated carbocycles. The predicted octanol–water partition coefficient (Wildman–Crippen LogP) is 3.82. The summed E-state index contributed by atoms with van der Waals surface area (Å²) >= 11 is 5.73. The van der Waals surface area contributed by atoms with E-state index in [0.717, 1.165) is 17.6 Å². The molecule has 1 aromatic rings. The van der Waals surface area contributed by atoms with E-state index in [1.54, 1.807) is 6.92 Å². The van der Waals surface area contributed by atoms with Gasteiger partial charge in [0, 0.05) is 17.6 Å². The fourth-order valence-electron chi connectivity index (χ4n) is 1.81. The van der Waals surface area contributed by atoms with Crippen molar-refractivity contribution in [3.63, 3.8) is 0 Å².